The second kappa shape index (κ2) is 5.82. The van der Waals surface area contributed by atoms with E-state index in [0.29, 0.717) is 12.2 Å². The van der Waals surface area contributed by atoms with Crippen molar-refractivity contribution in [2.24, 2.45) is 5.84 Å². The maximum Gasteiger partial charge on any atom is 0.194 e. The number of benzene rings is 1. The van der Waals surface area contributed by atoms with Crippen LogP contribution in [0.3, 0.4) is 0 Å². The number of hydrazine groups is 1. The van der Waals surface area contributed by atoms with E-state index in [1.165, 1.54) is 10.9 Å². The molecule has 108 valence electrons. The second-order valence-corrected chi connectivity index (χ2v) is 4.46. The number of aromatic nitrogens is 2. The van der Waals surface area contributed by atoms with Crippen molar-refractivity contribution in [1.29, 1.82) is 0 Å². The van der Waals surface area contributed by atoms with Crippen molar-refractivity contribution in [3.8, 4) is 0 Å². The van der Waals surface area contributed by atoms with Crippen molar-refractivity contribution in [3.05, 3.63) is 52.1 Å². The minimum absolute atomic E-state index is 0.150. The molecule has 1 aromatic carbocycles. The Labute approximate surface area is 118 Å². The van der Waals surface area contributed by atoms with Gasteiger partial charge in [0.15, 0.2) is 17.5 Å². The molecular formula is C12H12ClF3N4. The van der Waals surface area contributed by atoms with Gasteiger partial charge in [0.2, 0.25) is 0 Å². The number of hydrogen-bond acceptors (Lipinski definition) is 3. The van der Waals surface area contributed by atoms with Crippen LogP contribution in [-0.4, -0.2) is 9.78 Å². The minimum Gasteiger partial charge on any atom is -0.271 e. The fraction of sp³-hybridized carbons (Fsp3) is 0.250. The first kappa shape index (κ1) is 14.8. The van der Waals surface area contributed by atoms with E-state index < -0.39 is 23.5 Å². The predicted octanol–water partition coefficient (Wildman–Crippen LogP) is 2.53. The average Bonchev–Trinajstić information content (AvgIpc) is 2.81. The quantitative estimate of drug-likeness (QED) is 0.518. The summed E-state index contributed by atoms with van der Waals surface area (Å²) in [7, 11) is 0. The van der Waals surface area contributed by atoms with Gasteiger partial charge < -0.3 is 0 Å². The van der Waals surface area contributed by atoms with Crippen molar-refractivity contribution in [1.82, 2.24) is 15.2 Å². The van der Waals surface area contributed by atoms with Gasteiger partial charge >= 0.3 is 0 Å². The van der Waals surface area contributed by atoms with Crippen LogP contribution < -0.4 is 11.3 Å². The molecule has 0 aliphatic rings. The zero-order chi connectivity index (χ0) is 14.9. The molecule has 1 unspecified atom stereocenters. The van der Waals surface area contributed by atoms with Gasteiger partial charge in [0.05, 0.1) is 23.0 Å². The molecule has 0 bridgehead atoms. The van der Waals surface area contributed by atoms with Gasteiger partial charge in [0.1, 0.15) is 0 Å². The first-order chi connectivity index (χ1) is 9.51. The highest BCUT2D eigenvalue weighted by atomic mass is 35.5. The molecule has 4 nitrogen and oxygen atoms in total. The third-order valence-electron chi connectivity index (χ3n) is 2.95. The summed E-state index contributed by atoms with van der Waals surface area (Å²) >= 11 is 6.00. The Kier molecular flexibility index (Phi) is 4.32. The smallest absolute Gasteiger partial charge is 0.194 e. The largest absolute Gasteiger partial charge is 0.271 e. The van der Waals surface area contributed by atoms with Crippen LogP contribution in [0.1, 0.15) is 24.2 Å². The van der Waals surface area contributed by atoms with Crippen molar-refractivity contribution < 1.29 is 13.2 Å². The first-order valence-electron chi connectivity index (χ1n) is 5.82. The lowest BCUT2D eigenvalue weighted by molar-refractivity contribution is 0.429. The molecule has 1 atom stereocenters. The maximum atomic E-state index is 13.9. The Morgan fingerprint density at radius 3 is 2.65 bits per heavy atom. The van der Waals surface area contributed by atoms with E-state index in [1.54, 1.807) is 0 Å². The molecule has 2 aromatic rings. The summed E-state index contributed by atoms with van der Waals surface area (Å²) in [5.41, 5.74) is 2.58. The molecule has 1 aromatic heterocycles. The summed E-state index contributed by atoms with van der Waals surface area (Å²) in [6.45, 7) is 2.27. The van der Waals surface area contributed by atoms with Crippen molar-refractivity contribution in [3.63, 3.8) is 0 Å². The Morgan fingerprint density at radius 2 is 2.05 bits per heavy atom. The van der Waals surface area contributed by atoms with E-state index in [0.717, 1.165) is 12.1 Å². The van der Waals surface area contributed by atoms with Gasteiger partial charge in [0, 0.05) is 12.1 Å². The topological polar surface area (TPSA) is 55.9 Å². The number of halogens is 4. The van der Waals surface area contributed by atoms with E-state index in [4.69, 9.17) is 17.4 Å². The summed E-state index contributed by atoms with van der Waals surface area (Å²) in [6, 6.07) is 1.00. The number of nitrogens with two attached hydrogens (primary N) is 1. The molecule has 3 N–H and O–H groups in total. The molecule has 0 aliphatic heterocycles. The Hall–Kier alpha value is -1.57. The molecule has 0 aliphatic carbocycles. The van der Waals surface area contributed by atoms with E-state index >= 15 is 0 Å². The fourth-order valence-corrected chi connectivity index (χ4v) is 2.24. The van der Waals surface area contributed by atoms with Crippen LogP contribution >= 0.6 is 11.6 Å². The molecule has 20 heavy (non-hydrogen) atoms. The van der Waals surface area contributed by atoms with Crippen LogP contribution in [0, 0.1) is 17.5 Å². The number of nitrogens with one attached hydrogen (secondary N) is 1. The van der Waals surface area contributed by atoms with Crippen LogP contribution in [0.25, 0.3) is 0 Å². The number of hydrogen-bond donors (Lipinski definition) is 2. The Balaban J connectivity index is 2.58. The highest BCUT2D eigenvalue weighted by molar-refractivity contribution is 6.31. The molecule has 0 saturated carbocycles. The third-order valence-corrected chi connectivity index (χ3v) is 3.24. The summed E-state index contributed by atoms with van der Waals surface area (Å²) in [5, 5.41) is 4.25. The van der Waals surface area contributed by atoms with Crippen LogP contribution in [0.5, 0.6) is 0 Å². The SMILES string of the molecule is CCn1ncc(Cl)c1C(NN)c1ccc(F)c(F)c1F. The van der Waals surface area contributed by atoms with Gasteiger partial charge in [-0.2, -0.15) is 5.10 Å². The predicted molar refractivity (Wildman–Crippen MR) is 68.4 cm³/mol. The first-order valence-corrected chi connectivity index (χ1v) is 6.19. The van der Waals surface area contributed by atoms with E-state index in [-0.39, 0.29) is 10.6 Å². The van der Waals surface area contributed by atoms with Gasteiger partial charge in [-0.1, -0.05) is 17.7 Å². The standard InChI is InChI=1S/C12H12ClF3N4/c1-2-20-12(7(13)5-18-20)11(19-17)6-3-4-8(14)10(16)9(6)15/h3-5,11,19H,2,17H2,1H3. The van der Waals surface area contributed by atoms with Gasteiger partial charge in [-0.05, 0) is 13.0 Å². The van der Waals surface area contributed by atoms with Crippen molar-refractivity contribution in [2.45, 2.75) is 19.5 Å². The van der Waals surface area contributed by atoms with E-state index in [1.807, 2.05) is 6.92 Å². The van der Waals surface area contributed by atoms with Crippen LogP contribution in [0.4, 0.5) is 13.2 Å². The summed E-state index contributed by atoms with van der Waals surface area (Å²) in [6.07, 6.45) is 1.38. The number of aryl methyl sites for hydroxylation is 1. The van der Waals surface area contributed by atoms with Gasteiger partial charge in [0.25, 0.3) is 0 Å². The van der Waals surface area contributed by atoms with Crippen LogP contribution in [-0.2, 0) is 6.54 Å². The highest BCUT2D eigenvalue weighted by Gasteiger charge is 2.26. The third kappa shape index (κ3) is 2.39. The van der Waals surface area contributed by atoms with Gasteiger partial charge in [-0.25, -0.2) is 18.6 Å². The summed E-state index contributed by atoms with van der Waals surface area (Å²) in [5.74, 6) is 1.28. The molecule has 2 rings (SSSR count). The second-order valence-electron chi connectivity index (χ2n) is 4.06. The number of nitrogens with zero attached hydrogens (tertiary/aromatic N) is 2. The van der Waals surface area contributed by atoms with Gasteiger partial charge in [-0.15, -0.1) is 0 Å². The molecule has 0 spiro atoms. The lowest BCUT2D eigenvalue weighted by Crippen LogP contribution is -2.32. The van der Waals surface area contributed by atoms with E-state index in [9.17, 15) is 13.2 Å². The summed E-state index contributed by atoms with van der Waals surface area (Å²) < 4.78 is 41.7. The lowest BCUT2D eigenvalue weighted by atomic mass is 10.0. The monoisotopic (exact) mass is 304 g/mol. The molecule has 0 saturated heterocycles. The zero-order valence-corrected chi connectivity index (χ0v) is 11.3. The number of rotatable bonds is 4. The normalized spacial score (nSPS) is 12.7. The highest BCUT2D eigenvalue weighted by Crippen LogP contribution is 2.30. The molecule has 1 heterocycles. The maximum absolute atomic E-state index is 13.9. The Bertz CT molecular complexity index is 629. The molecule has 8 heteroatoms. The molecule has 0 radical (unpaired) electrons. The Morgan fingerprint density at radius 1 is 1.35 bits per heavy atom. The van der Waals surface area contributed by atoms with Crippen molar-refractivity contribution in [2.75, 3.05) is 0 Å². The van der Waals surface area contributed by atoms with Gasteiger partial charge in [-0.3, -0.25) is 10.5 Å². The molecular weight excluding hydrogens is 293 g/mol. The lowest BCUT2D eigenvalue weighted by Gasteiger charge is -2.19. The van der Waals surface area contributed by atoms with E-state index in [2.05, 4.69) is 10.5 Å². The van der Waals surface area contributed by atoms with Crippen molar-refractivity contribution >= 4 is 11.6 Å². The molecule has 0 amide bonds. The minimum atomic E-state index is -1.55. The van der Waals surface area contributed by atoms with Crippen LogP contribution in [0.15, 0.2) is 18.3 Å². The molecule has 0 fully saturated rings. The summed E-state index contributed by atoms with van der Waals surface area (Å²) in [4.78, 5) is 0. The average molecular weight is 305 g/mol. The zero-order valence-electron chi connectivity index (χ0n) is 10.5. The van der Waals surface area contributed by atoms with Crippen LogP contribution in [0.2, 0.25) is 5.02 Å². The fourth-order valence-electron chi connectivity index (χ4n) is 1.99.